The van der Waals surface area contributed by atoms with Gasteiger partial charge in [0.05, 0.1) is 18.7 Å². The van der Waals surface area contributed by atoms with Gasteiger partial charge in [-0.15, -0.1) is 0 Å². The molecule has 0 saturated heterocycles. The smallest absolute Gasteiger partial charge is 0.383 e. The summed E-state index contributed by atoms with van der Waals surface area (Å²) in [5.41, 5.74) is 1.71. The van der Waals surface area contributed by atoms with Crippen LogP contribution >= 0.6 is 15.9 Å². The van der Waals surface area contributed by atoms with Crippen LogP contribution in [0.1, 0.15) is 5.56 Å². The molecular formula is C11H14BrF3N4O. The molecule has 0 saturated carbocycles. The third-order valence-electron chi connectivity index (χ3n) is 2.24. The third-order valence-corrected chi connectivity index (χ3v) is 2.93. The topological polar surface area (TPSA) is 71.7 Å². The molecule has 5 nitrogen and oxygen atoms in total. The quantitative estimate of drug-likeness (QED) is 0.255. The van der Waals surface area contributed by atoms with Gasteiger partial charge in [0, 0.05) is 17.3 Å². The highest BCUT2D eigenvalue weighted by atomic mass is 79.9. The van der Waals surface area contributed by atoms with Gasteiger partial charge in [-0.25, -0.2) is 10.8 Å². The van der Waals surface area contributed by atoms with Gasteiger partial charge < -0.3 is 10.1 Å². The molecule has 0 radical (unpaired) electrons. The number of halogens is 4. The standard InChI is InChI=1S/C11H14BrF3N4O/c1-20-5-4-17-10(19-16)18-7-2-3-9(12)8(6-7)11(13,14)15/h2-3,6H,4-5,16H2,1H3,(H2,17,18,19). The highest BCUT2D eigenvalue weighted by molar-refractivity contribution is 9.10. The van der Waals surface area contributed by atoms with Crippen LogP contribution in [0, 0.1) is 0 Å². The number of anilines is 1. The number of aliphatic imine (C=N–C) groups is 1. The Kier molecular flexibility index (Phi) is 6.24. The first-order chi connectivity index (χ1) is 9.38. The Morgan fingerprint density at radius 1 is 1.45 bits per heavy atom. The number of alkyl halides is 3. The fraction of sp³-hybridized carbons (Fsp3) is 0.364. The van der Waals surface area contributed by atoms with Crippen molar-refractivity contribution in [3.63, 3.8) is 0 Å². The van der Waals surface area contributed by atoms with E-state index in [0.717, 1.165) is 6.07 Å². The van der Waals surface area contributed by atoms with Crippen molar-refractivity contribution in [1.82, 2.24) is 5.43 Å². The Balaban J connectivity index is 2.89. The highest BCUT2D eigenvalue weighted by Gasteiger charge is 2.33. The molecule has 20 heavy (non-hydrogen) atoms. The molecule has 9 heteroatoms. The zero-order valence-corrected chi connectivity index (χ0v) is 12.2. The van der Waals surface area contributed by atoms with Gasteiger partial charge in [-0.05, 0) is 18.2 Å². The van der Waals surface area contributed by atoms with Crippen LogP contribution in [0.5, 0.6) is 0 Å². The molecule has 0 aliphatic heterocycles. The van der Waals surface area contributed by atoms with Crippen LogP contribution in [0.15, 0.2) is 27.7 Å². The Hall–Kier alpha value is -1.32. The van der Waals surface area contributed by atoms with Gasteiger partial charge in [0.25, 0.3) is 0 Å². The minimum absolute atomic E-state index is 0.0332. The normalized spacial score (nSPS) is 12.4. The van der Waals surface area contributed by atoms with E-state index in [1.54, 1.807) is 0 Å². The molecule has 0 atom stereocenters. The van der Waals surface area contributed by atoms with Gasteiger partial charge in [-0.1, -0.05) is 15.9 Å². The molecule has 0 aromatic heterocycles. The van der Waals surface area contributed by atoms with Crippen molar-refractivity contribution < 1.29 is 17.9 Å². The molecule has 1 rings (SSSR count). The molecule has 1 aromatic rings. The van der Waals surface area contributed by atoms with Crippen molar-refractivity contribution in [2.45, 2.75) is 6.18 Å². The van der Waals surface area contributed by atoms with Crippen molar-refractivity contribution in [1.29, 1.82) is 0 Å². The number of nitrogens with zero attached hydrogens (tertiary/aromatic N) is 1. The van der Waals surface area contributed by atoms with E-state index in [4.69, 9.17) is 10.6 Å². The number of guanidine groups is 1. The molecular weight excluding hydrogens is 341 g/mol. The zero-order chi connectivity index (χ0) is 15.2. The summed E-state index contributed by atoms with van der Waals surface area (Å²) in [6.45, 7) is 0.701. The van der Waals surface area contributed by atoms with Crippen molar-refractivity contribution in [3.05, 3.63) is 28.2 Å². The summed E-state index contributed by atoms with van der Waals surface area (Å²) >= 11 is 2.87. The van der Waals surface area contributed by atoms with Crippen molar-refractivity contribution in [2.75, 3.05) is 25.6 Å². The van der Waals surface area contributed by atoms with Crippen LogP contribution in [-0.4, -0.2) is 26.2 Å². The average Bonchev–Trinajstić information content (AvgIpc) is 2.38. The maximum Gasteiger partial charge on any atom is 0.417 e. The van der Waals surface area contributed by atoms with Crippen LogP contribution in [0.4, 0.5) is 18.9 Å². The van der Waals surface area contributed by atoms with E-state index < -0.39 is 11.7 Å². The predicted octanol–water partition coefficient (Wildman–Crippen LogP) is 2.35. The van der Waals surface area contributed by atoms with Gasteiger partial charge in [-0.2, -0.15) is 13.2 Å². The fourth-order valence-corrected chi connectivity index (χ4v) is 1.80. The van der Waals surface area contributed by atoms with Gasteiger partial charge >= 0.3 is 6.18 Å². The number of hydrogen-bond donors (Lipinski definition) is 3. The van der Waals surface area contributed by atoms with Crippen molar-refractivity contribution in [2.24, 2.45) is 10.8 Å². The first kappa shape index (κ1) is 16.7. The van der Waals surface area contributed by atoms with Gasteiger partial charge in [-0.3, -0.25) is 5.43 Å². The third kappa shape index (κ3) is 4.99. The summed E-state index contributed by atoms with van der Waals surface area (Å²) in [4.78, 5) is 3.99. The number of rotatable bonds is 4. The molecule has 4 N–H and O–H groups in total. The second kappa shape index (κ2) is 7.46. The summed E-state index contributed by atoms with van der Waals surface area (Å²) in [7, 11) is 1.52. The van der Waals surface area contributed by atoms with Crippen molar-refractivity contribution in [3.8, 4) is 0 Å². The summed E-state index contributed by atoms with van der Waals surface area (Å²) in [6.07, 6.45) is -4.44. The van der Waals surface area contributed by atoms with E-state index in [1.807, 2.05) is 0 Å². The lowest BCUT2D eigenvalue weighted by Crippen LogP contribution is -2.36. The van der Waals surface area contributed by atoms with Gasteiger partial charge in [0.1, 0.15) is 0 Å². The number of nitrogens with two attached hydrogens (primary N) is 1. The van der Waals surface area contributed by atoms with Crippen molar-refractivity contribution >= 4 is 27.6 Å². The molecule has 0 heterocycles. The van der Waals surface area contributed by atoms with E-state index in [-0.39, 0.29) is 16.1 Å². The lowest BCUT2D eigenvalue weighted by Gasteiger charge is -2.13. The second-order valence-electron chi connectivity index (χ2n) is 3.68. The Morgan fingerprint density at radius 3 is 2.70 bits per heavy atom. The average molecular weight is 355 g/mol. The van der Waals surface area contributed by atoms with E-state index in [9.17, 15) is 13.2 Å². The van der Waals surface area contributed by atoms with Crippen LogP contribution in [0.25, 0.3) is 0 Å². The first-order valence-corrected chi connectivity index (χ1v) is 6.31. The maximum absolute atomic E-state index is 12.8. The van der Waals surface area contributed by atoms with Crippen LogP contribution < -0.4 is 16.6 Å². The van der Waals surface area contributed by atoms with Crippen LogP contribution in [0.2, 0.25) is 0 Å². The minimum Gasteiger partial charge on any atom is -0.383 e. The lowest BCUT2D eigenvalue weighted by atomic mass is 10.2. The van der Waals surface area contributed by atoms with Gasteiger partial charge in [0.2, 0.25) is 5.96 Å². The fourth-order valence-electron chi connectivity index (χ4n) is 1.33. The molecule has 0 unspecified atom stereocenters. The molecule has 0 amide bonds. The monoisotopic (exact) mass is 354 g/mol. The number of hydrazine groups is 1. The van der Waals surface area contributed by atoms with Crippen LogP contribution in [0.3, 0.4) is 0 Å². The summed E-state index contributed by atoms with van der Waals surface area (Å²) in [5.74, 6) is 5.39. The summed E-state index contributed by atoms with van der Waals surface area (Å²) in [6, 6.07) is 3.74. The number of hydrogen-bond acceptors (Lipinski definition) is 3. The maximum atomic E-state index is 12.8. The van der Waals surface area contributed by atoms with Crippen LogP contribution in [-0.2, 0) is 10.9 Å². The minimum atomic E-state index is -4.44. The Bertz CT molecular complexity index is 479. The van der Waals surface area contributed by atoms with E-state index in [1.165, 1.54) is 19.2 Å². The molecule has 0 aliphatic carbocycles. The highest BCUT2D eigenvalue weighted by Crippen LogP contribution is 2.36. The lowest BCUT2D eigenvalue weighted by molar-refractivity contribution is -0.138. The van der Waals surface area contributed by atoms with E-state index >= 15 is 0 Å². The van der Waals surface area contributed by atoms with E-state index in [2.05, 4.69) is 31.7 Å². The number of methoxy groups -OCH3 is 1. The molecule has 112 valence electrons. The summed E-state index contributed by atoms with van der Waals surface area (Å²) in [5, 5.41) is 2.66. The molecule has 0 fully saturated rings. The number of nitrogens with one attached hydrogen (secondary N) is 2. The first-order valence-electron chi connectivity index (χ1n) is 5.52. The number of ether oxygens (including phenoxy) is 1. The van der Waals surface area contributed by atoms with E-state index in [0.29, 0.717) is 13.2 Å². The van der Waals surface area contributed by atoms with Gasteiger partial charge in [0.15, 0.2) is 0 Å². The Labute approximate surface area is 122 Å². The second-order valence-corrected chi connectivity index (χ2v) is 4.54. The molecule has 0 bridgehead atoms. The molecule has 0 aliphatic rings. The summed E-state index contributed by atoms with van der Waals surface area (Å²) < 4.78 is 43.0. The Morgan fingerprint density at radius 2 is 2.15 bits per heavy atom. The number of benzene rings is 1. The largest absolute Gasteiger partial charge is 0.417 e. The predicted molar refractivity (Wildman–Crippen MR) is 74.3 cm³/mol. The SMILES string of the molecule is COCCN=C(NN)Nc1ccc(Br)c(C(F)(F)F)c1. The molecule has 0 spiro atoms. The zero-order valence-electron chi connectivity index (χ0n) is 10.6. The molecule has 1 aromatic carbocycles.